The first-order valence-corrected chi connectivity index (χ1v) is 7.89. The number of aromatic nitrogens is 2. The van der Waals surface area contributed by atoms with Crippen molar-refractivity contribution in [3.63, 3.8) is 0 Å². The molecule has 1 aliphatic rings. The van der Waals surface area contributed by atoms with E-state index in [-0.39, 0.29) is 17.4 Å². The summed E-state index contributed by atoms with van der Waals surface area (Å²) in [5.74, 6) is 0. The molecule has 2 rings (SSSR count). The van der Waals surface area contributed by atoms with E-state index in [1.807, 2.05) is 26.8 Å². The largest absolute Gasteiger partial charge is 0.444 e. The Morgan fingerprint density at radius 1 is 1.55 bits per heavy atom. The van der Waals surface area contributed by atoms with Crippen LogP contribution in [0.3, 0.4) is 0 Å². The molecule has 0 aromatic carbocycles. The fraction of sp³-hybridized carbons (Fsp3) is 0.667. The number of carbonyl (C=O) groups excluding carboxylic acids is 1. The number of piperidine rings is 1. The van der Waals surface area contributed by atoms with Crippen LogP contribution < -0.4 is 5.32 Å². The maximum atomic E-state index is 11.8. The zero-order valence-corrected chi connectivity index (χ0v) is 14.1. The van der Waals surface area contributed by atoms with Crippen LogP contribution in [0, 0.1) is 0 Å². The molecule has 0 radical (unpaired) electrons. The summed E-state index contributed by atoms with van der Waals surface area (Å²) in [6.45, 7) is 8.04. The van der Waals surface area contributed by atoms with Gasteiger partial charge in [0.2, 0.25) is 5.28 Å². The van der Waals surface area contributed by atoms with Crippen LogP contribution >= 0.6 is 11.6 Å². The van der Waals surface area contributed by atoms with Gasteiger partial charge in [-0.05, 0) is 57.8 Å². The summed E-state index contributed by atoms with van der Waals surface area (Å²) >= 11 is 5.81. The Morgan fingerprint density at radius 2 is 2.32 bits per heavy atom. The van der Waals surface area contributed by atoms with E-state index < -0.39 is 5.60 Å². The van der Waals surface area contributed by atoms with Gasteiger partial charge in [-0.25, -0.2) is 14.8 Å². The zero-order chi connectivity index (χ0) is 16.2. The fourth-order valence-corrected chi connectivity index (χ4v) is 2.64. The third-order valence-corrected chi connectivity index (χ3v) is 3.48. The van der Waals surface area contributed by atoms with Crippen LogP contribution in [0.5, 0.6) is 0 Å². The van der Waals surface area contributed by atoms with Gasteiger partial charge in [0, 0.05) is 25.3 Å². The Hall–Kier alpha value is -1.40. The van der Waals surface area contributed by atoms with Crippen molar-refractivity contribution in [2.75, 3.05) is 13.1 Å². The first kappa shape index (κ1) is 17.0. The van der Waals surface area contributed by atoms with E-state index in [1.165, 1.54) is 0 Å². The lowest BCUT2D eigenvalue weighted by Gasteiger charge is -2.33. The molecule has 7 heteroatoms. The number of rotatable bonds is 3. The van der Waals surface area contributed by atoms with Crippen molar-refractivity contribution in [3.05, 3.63) is 23.2 Å². The van der Waals surface area contributed by atoms with Crippen LogP contribution in [0.15, 0.2) is 12.3 Å². The highest BCUT2D eigenvalue weighted by atomic mass is 35.5. The highest BCUT2D eigenvalue weighted by Gasteiger charge is 2.24. The number of nitrogens with one attached hydrogen (secondary N) is 1. The fourth-order valence-electron chi connectivity index (χ4n) is 2.48. The summed E-state index contributed by atoms with van der Waals surface area (Å²) in [5, 5.41) is 3.20. The average Bonchev–Trinajstić information content (AvgIpc) is 2.36. The molecule has 1 aliphatic heterocycles. The molecular formula is C15H23ClN4O2. The number of nitrogens with zero attached hydrogens (tertiary/aromatic N) is 3. The molecule has 6 nitrogen and oxygen atoms in total. The van der Waals surface area contributed by atoms with Crippen LogP contribution in [-0.4, -0.2) is 45.7 Å². The first-order valence-electron chi connectivity index (χ1n) is 7.51. The maximum Gasteiger partial charge on any atom is 0.407 e. The SMILES string of the molecule is CC(C)(C)OC(=O)N[C@@H]1CCCN(Cc2ccnc(Cl)n2)C1. The van der Waals surface area contributed by atoms with Crippen LogP contribution in [0.25, 0.3) is 0 Å². The van der Waals surface area contributed by atoms with Gasteiger partial charge in [-0.1, -0.05) is 0 Å². The van der Waals surface area contributed by atoms with E-state index in [0.717, 1.165) is 31.6 Å². The van der Waals surface area contributed by atoms with E-state index in [0.29, 0.717) is 6.54 Å². The van der Waals surface area contributed by atoms with Gasteiger partial charge in [0.15, 0.2) is 0 Å². The van der Waals surface area contributed by atoms with E-state index in [4.69, 9.17) is 16.3 Å². The summed E-state index contributed by atoms with van der Waals surface area (Å²) in [6, 6.07) is 1.96. The van der Waals surface area contributed by atoms with E-state index in [9.17, 15) is 4.79 Å². The Labute approximate surface area is 136 Å². The van der Waals surface area contributed by atoms with E-state index in [2.05, 4.69) is 20.2 Å². The summed E-state index contributed by atoms with van der Waals surface area (Å²) in [7, 11) is 0. The lowest BCUT2D eigenvalue weighted by Crippen LogP contribution is -2.48. The van der Waals surface area contributed by atoms with E-state index >= 15 is 0 Å². The number of carbonyl (C=O) groups is 1. The monoisotopic (exact) mass is 326 g/mol. The van der Waals surface area contributed by atoms with Crippen molar-refractivity contribution in [3.8, 4) is 0 Å². The standard InChI is InChI=1S/C15H23ClN4O2/c1-15(2,3)22-14(21)19-11-5-4-8-20(9-11)10-12-6-7-17-13(16)18-12/h6-7,11H,4-5,8-10H2,1-3H3,(H,19,21)/t11-/m1/s1. The molecule has 0 aliphatic carbocycles. The maximum absolute atomic E-state index is 11.8. The average molecular weight is 327 g/mol. The van der Waals surface area contributed by atoms with Gasteiger partial charge in [0.25, 0.3) is 0 Å². The number of likely N-dealkylation sites (tertiary alicyclic amines) is 1. The molecule has 0 bridgehead atoms. The second-order valence-electron chi connectivity index (χ2n) is 6.54. The number of ether oxygens (including phenoxy) is 1. The zero-order valence-electron chi connectivity index (χ0n) is 13.3. The van der Waals surface area contributed by atoms with Gasteiger partial charge in [-0.2, -0.15) is 0 Å². The smallest absolute Gasteiger partial charge is 0.407 e. The van der Waals surface area contributed by atoms with Crippen molar-refractivity contribution in [2.24, 2.45) is 0 Å². The Kier molecular flexibility index (Phi) is 5.58. The number of hydrogen-bond acceptors (Lipinski definition) is 5. The molecule has 1 amide bonds. The summed E-state index contributed by atoms with van der Waals surface area (Å²) in [4.78, 5) is 22.2. The van der Waals surface area contributed by atoms with Crippen LogP contribution in [0.1, 0.15) is 39.3 Å². The Bertz CT molecular complexity index is 519. The molecule has 1 atom stereocenters. The van der Waals surface area contributed by atoms with Gasteiger partial charge in [0.1, 0.15) is 5.60 Å². The first-order chi connectivity index (χ1) is 10.3. The number of hydrogen-bond donors (Lipinski definition) is 1. The molecule has 1 aromatic heterocycles. The minimum absolute atomic E-state index is 0.0981. The van der Waals surface area contributed by atoms with Crippen LogP contribution in [-0.2, 0) is 11.3 Å². The third-order valence-electron chi connectivity index (χ3n) is 3.30. The van der Waals surface area contributed by atoms with Crippen molar-refractivity contribution >= 4 is 17.7 Å². The molecule has 0 spiro atoms. The van der Waals surface area contributed by atoms with Gasteiger partial charge in [0.05, 0.1) is 5.69 Å². The minimum Gasteiger partial charge on any atom is -0.444 e. The molecule has 22 heavy (non-hydrogen) atoms. The van der Waals surface area contributed by atoms with Gasteiger partial charge in [-0.3, -0.25) is 4.90 Å². The normalized spacial score (nSPS) is 19.7. The second kappa shape index (κ2) is 7.24. The number of amides is 1. The lowest BCUT2D eigenvalue weighted by atomic mass is 10.1. The lowest BCUT2D eigenvalue weighted by molar-refractivity contribution is 0.0470. The van der Waals surface area contributed by atoms with Crippen molar-refractivity contribution in [1.82, 2.24) is 20.2 Å². The molecule has 1 fully saturated rings. The third kappa shape index (κ3) is 5.77. The molecular weight excluding hydrogens is 304 g/mol. The van der Waals surface area contributed by atoms with Crippen molar-refractivity contribution in [2.45, 2.75) is 51.8 Å². The Balaban J connectivity index is 1.85. The number of halogens is 1. The molecule has 1 aromatic rings. The predicted molar refractivity (Wildman–Crippen MR) is 84.7 cm³/mol. The molecule has 1 saturated heterocycles. The number of alkyl carbamates (subject to hydrolysis) is 1. The van der Waals surface area contributed by atoms with Gasteiger partial charge < -0.3 is 10.1 Å². The highest BCUT2D eigenvalue weighted by molar-refractivity contribution is 6.28. The minimum atomic E-state index is -0.476. The summed E-state index contributed by atoms with van der Waals surface area (Å²) < 4.78 is 5.30. The molecule has 2 heterocycles. The molecule has 122 valence electrons. The van der Waals surface area contributed by atoms with Gasteiger partial charge >= 0.3 is 6.09 Å². The van der Waals surface area contributed by atoms with Crippen molar-refractivity contribution in [1.29, 1.82) is 0 Å². The topological polar surface area (TPSA) is 67.3 Å². The van der Waals surface area contributed by atoms with Crippen LogP contribution in [0.2, 0.25) is 5.28 Å². The highest BCUT2D eigenvalue weighted by Crippen LogP contribution is 2.14. The van der Waals surface area contributed by atoms with E-state index in [1.54, 1.807) is 6.20 Å². The van der Waals surface area contributed by atoms with Crippen molar-refractivity contribution < 1.29 is 9.53 Å². The molecule has 0 unspecified atom stereocenters. The Morgan fingerprint density at radius 3 is 3.00 bits per heavy atom. The summed E-state index contributed by atoms with van der Waals surface area (Å²) in [5.41, 5.74) is 0.411. The molecule has 0 saturated carbocycles. The summed E-state index contributed by atoms with van der Waals surface area (Å²) in [6.07, 6.45) is 3.29. The van der Waals surface area contributed by atoms with Gasteiger partial charge in [-0.15, -0.1) is 0 Å². The van der Waals surface area contributed by atoms with Crippen LogP contribution in [0.4, 0.5) is 4.79 Å². The quantitative estimate of drug-likeness (QED) is 0.865. The molecule has 1 N–H and O–H groups in total. The second-order valence-corrected chi connectivity index (χ2v) is 6.88. The predicted octanol–water partition coefficient (Wildman–Crippen LogP) is 2.62.